The Morgan fingerprint density at radius 2 is 1.79 bits per heavy atom. The molecule has 7 nitrogen and oxygen atoms in total. The molecule has 0 spiro atoms. The van der Waals surface area contributed by atoms with Crippen LogP contribution in [0.4, 0.5) is 5.69 Å². The minimum atomic E-state index is -3.41. The van der Waals surface area contributed by atoms with Crippen molar-refractivity contribution in [1.29, 1.82) is 0 Å². The van der Waals surface area contributed by atoms with Crippen LogP contribution in [0.1, 0.15) is 17.3 Å². The van der Waals surface area contributed by atoms with Gasteiger partial charge in [-0.15, -0.1) is 0 Å². The molecule has 9 heteroatoms. The number of nitrogens with zero attached hydrogens (tertiary/aromatic N) is 1. The Balaban J connectivity index is 1.97. The molecule has 2 rings (SSSR count). The molecule has 0 saturated carbocycles. The van der Waals surface area contributed by atoms with Gasteiger partial charge in [0.15, 0.2) is 0 Å². The minimum absolute atomic E-state index is 0.161. The molecular formula is C19H23ClN2O5S. The maximum Gasteiger partial charge on any atom is 0.253 e. The summed E-state index contributed by atoms with van der Waals surface area (Å²) in [5, 5.41) is 2.96. The van der Waals surface area contributed by atoms with Crippen molar-refractivity contribution in [3.05, 3.63) is 53.1 Å². The maximum absolute atomic E-state index is 12.4. The minimum Gasteiger partial charge on any atom is -0.497 e. The molecule has 0 aliphatic rings. The van der Waals surface area contributed by atoms with E-state index in [1.807, 2.05) is 0 Å². The third kappa shape index (κ3) is 5.77. The molecule has 0 heterocycles. The van der Waals surface area contributed by atoms with Gasteiger partial charge >= 0.3 is 0 Å². The van der Waals surface area contributed by atoms with Gasteiger partial charge in [-0.2, -0.15) is 0 Å². The number of carbonyl (C=O) groups is 1. The van der Waals surface area contributed by atoms with Crippen molar-refractivity contribution >= 4 is 33.2 Å². The van der Waals surface area contributed by atoms with Gasteiger partial charge in [0, 0.05) is 7.05 Å². The first-order chi connectivity index (χ1) is 13.1. The van der Waals surface area contributed by atoms with Crippen LogP contribution in [-0.4, -0.2) is 47.4 Å². The zero-order chi connectivity index (χ0) is 20.9. The molecule has 0 aromatic heterocycles. The topological polar surface area (TPSA) is 84.9 Å². The lowest BCUT2D eigenvalue weighted by atomic mass is 10.2. The summed E-state index contributed by atoms with van der Waals surface area (Å²) in [5.41, 5.74) is 0.628. The summed E-state index contributed by atoms with van der Waals surface area (Å²) in [6, 6.07) is 11.3. The maximum atomic E-state index is 12.4. The molecule has 1 unspecified atom stereocenters. The number of sulfonamides is 1. The van der Waals surface area contributed by atoms with Gasteiger partial charge in [0.25, 0.3) is 5.91 Å². The van der Waals surface area contributed by atoms with Crippen LogP contribution in [0.15, 0.2) is 42.5 Å². The zero-order valence-electron chi connectivity index (χ0n) is 16.1. The molecule has 28 heavy (non-hydrogen) atoms. The van der Waals surface area contributed by atoms with Crippen LogP contribution >= 0.6 is 11.6 Å². The predicted octanol–water partition coefficient (Wildman–Crippen LogP) is 2.94. The summed E-state index contributed by atoms with van der Waals surface area (Å²) < 4.78 is 35.1. The fourth-order valence-electron chi connectivity index (χ4n) is 2.31. The van der Waals surface area contributed by atoms with Crippen molar-refractivity contribution < 1.29 is 22.7 Å². The summed E-state index contributed by atoms with van der Waals surface area (Å²) in [7, 11) is -0.410. The molecule has 0 bridgehead atoms. The number of methoxy groups -OCH3 is 1. The normalized spacial score (nSPS) is 12.2. The molecule has 152 valence electrons. The highest BCUT2D eigenvalue weighted by molar-refractivity contribution is 7.92. The molecule has 0 fully saturated rings. The van der Waals surface area contributed by atoms with Crippen LogP contribution in [0, 0.1) is 0 Å². The van der Waals surface area contributed by atoms with Gasteiger partial charge in [-0.05, 0) is 49.4 Å². The smallest absolute Gasteiger partial charge is 0.253 e. The van der Waals surface area contributed by atoms with Gasteiger partial charge < -0.3 is 14.8 Å². The second kappa shape index (κ2) is 9.16. The second-order valence-corrected chi connectivity index (χ2v) is 8.68. The highest BCUT2D eigenvalue weighted by Gasteiger charge is 2.17. The first-order valence-electron chi connectivity index (χ1n) is 8.43. The van der Waals surface area contributed by atoms with Crippen LogP contribution in [0.25, 0.3) is 0 Å². The van der Waals surface area contributed by atoms with Crippen molar-refractivity contribution in [1.82, 2.24) is 5.32 Å². The lowest BCUT2D eigenvalue weighted by Gasteiger charge is -2.18. The van der Waals surface area contributed by atoms with Crippen LogP contribution in [0.3, 0.4) is 0 Å². The molecule has 0 saturated heterocycles. The number of anilines is 1. The Hall–Kier alpha value is -2.45. The fraction of sp³-hybridized carbons (Fsp3) is 0.316. The van der Waals surface area contributed by atoms with E-state index < -0.39 is 10.0 Å². The van der Waals surface area contributed by atoms with E-state index in [-0.39, 0.29) is 29.1 Å². The lowest BCUT2D eigenvalue weighted by molar-refractivity contribution is 0.0927. The van der Waals surface area contributed by atoms with Crippen LogP contribution in [0.5, 0.6) is 11.5 Å². The van der Waals surface area contributed by atoms with Crippen LogP contribution < -0.4 is 19.1 Å². The number of rotatable bonds is 8. The molecule has 0 aliphatic carbocycles. The quantitative estimate of drug-likeness (QED) is 0.701. The Morgan fingerprint density at radius 3 is 2.32 bits per heavy atom. The number of halogens is 1. The molecule has 1 atom stereocenters. The number of nitrogens with one attached hydrogen (secondary N) is 1. The van der Waals surface area contributed by atoms with E-state index in [1.165, 1.54) is 25.2 Å². The summed E-state index contributed by atoms with van der Waals surface area (Å²) in [5.74, 6) is 1.02. The largest absolute Gasteiger partial charge is 0.497 e. The average molecular weight is 427 g/mol. The van der Waals surface area contributed by atoms with E-state index in [0.717, 1.165) is 16.3 Å². The summed E-state index contributed by atoms with van der Waals surface area (Å²) in [6.45, 7) is 2.08. The SMILES string of the molecule is COc1ccc(OCC(C)NC(=O)c2ccc(N(C)S(C)(=O)=O)cc2Cl)cc1. The molecule has 1 amide bonds. The van der Waals surface area contributed by atoms with E-state index in [0.29, 0.717) is 11.4 Å². The third-order valence-electron chi connectivity index (χ3n) is 4.00. The number of amides is 1. The number of ether oxygens (including phenoxy) is 2. The summed E-state index contributed by atoms with van der Waals surface area (Å²) >= 11 is 6.18. The standard InChI is InChI=1S/C19H23ClN2O5S/c1-13(12-27-16-8-6-15(26-3)7-9-16)21-19(23)17-10-5-14(11-18(17)20)22(2)28(4,24)25/h5-11,13H,12H2,1-4H3,(H,21,23). The van der Waals surface area contributed by atoms with Gasteiger partial charge in [-0.3, -0.25) is 9.10 Å². The summed E-state index contributed by atoms with van der Waals surface area (Å²) in [6.07, 6.45) is 1.09. The molecule has 1 N–H and O–H groups in total. The first-order valence-corrected chi connectivity index (χ1v) is 10.7. The monoisotopic (exact) mass is 426 g/mol. The Bertz CT molecular complexity index is 932. The van der Waals surface area contributed by atoms with Crippen LogP contribution in [0.2, 0.25) is 5.02 Å². The number of hydrogen-bond acceptors (Lipinski definition) is 5. The van der Waals surface area contributed by atoms with E-state index in [9.17, 15) is 13.2 Å². The van der Waals surface area contributed by atoms with Crippen molar-refractivity contribution in [2.24, 2.45) is 0 Å². The Morgan fingerprint density at radius 1 is 1.18 bits per heavy atom. The third-order valence-corrected chi connectivity index (χ3v) is 5.51. The Labute approximate surface area is 170 Å². The van der Waals surface area contributed by atoms with E-state index in [2.05, 4.69) is 5.32 Å². The van der Waals surface area contributed by atoms with E-state index >= 15 is 0 Å². The lowest BCUT2D eigenvalue weighted by Crippen LogP contribution is -2.37. The van der Waals surface area contributed by atoms with Crippen molar-refractivity contribution in [2.45, 2.75) is 13.0 Å². The second-order valence-electron chi connectivity index (χ2n) is 6.26. The van der Waals surface area contributed by atoms with Crippen molar-refractivity contribution in [3.8, 4) is 11.5 Å². The zero-order valence-corrected chi connectivity index (χ0v) is 17.7. The van der Waals surface area contributed by atoms with Gasteiger partial charge in [-0.1, -0.05) is 11.6 Å². The molecule has 2 aromatic carbocycles. The van der Waals surface area contributed by atoms with E-state index in [1.54, 1.807) is 38.3 Å². The molecular weight excluding hydrogens is 404 g/mol. The first kappa shape index (κ1) is 21.8. The molecule has 2 aromatic rings. The van der Waals surface area contributed by atoms with Gasteiger partial charge in [-0.25, -0.2) is 8.42 Å². The highest BCUT2D eigenvalue weighted by Crippen LogP contribution is 2.24. The van der Waals surface area contributed by atoms with Gasteiger partial charge in [0.2, 0.25) is 10.0 Å². The van der Waals surface area contributed by atoms with Crippen molar-refractivity contribution in [2.75, 3.05) is 31.3 Å². The van der Waals surface area contributed by atoms with Gasteiger partial charge in [0.1, 0.15) is 18.1 Å². The predicted molar refractivity (Wildman–Crippen MR) is 110 cm³/mol. The average Bonchev–Trinajstić information content (AvgIpc) is 2.65. The molecule has 0 aliphatic heterocycles. The number of carbonyl (C=O) groups excluding carboxylic acids is 1. The molecule has 0 radical (unpaired) electrons. The van der Waals surface area contributed by atoms with E-state index in [4.69, 9.17) is 21.1 Å². The van der Waals surface area contributed by atoms with Crippen LogP contribution in [-0.2, 0) is 10.0 Å². The fourth-order valence-corrected chi connectivity index (χ4v) is 3.07. The van der Waals surface area contributed by atoms with Gasteiger partial charge in [0.05, 0.1) is 35.7 Å². The number of benzene rings is 2. The number of hydrogen-bond donors (Lipinski definition) is 1. The summed E-state index contributed by atoms with van der Waals surface area (Å²) in [4.78, 5) is 12.4. The Kier molecular flexibility index (Phi) is 7.15. The highest BCUT2D eigenvalue weighted by atomic mass is 35.5. The van der Waals surface area contributed by atoms with Crippen molar-refractivity contribution in [3.63, 3.8) is 0 Å².